The Balaban J connectivity index is 2.35. The largest absolute Gasteiger partial charge is 0.437 e. The zero-order chi connectivity index (χ0) is 12.3. The summed E-state index contributed by atoms with van der Waals surface area (Å²) < 4.78 is 6.47. The summed E-state index contributed by atoms with van der Waals surface area (Å²) in [6.45, 7) is 0.386. The molecule has 0 unspecified atom stereocenters. The minimum absolute atomic E-state index is 0.386. The van der Waals surface area contributed by atoms with Crippen molar-refractivity contribution in [3.8, 4) is 11.6 Å². The van der Waals surface area contributed by atoms with Crippen LogP contribution in [0.3, 0.4) is 0 Å². The molecule has 0 amide bonds. The van der Waals surface area contributed by atoms with Gasteiger partial charge < -0.3 is 10.5 Å². The van der Waals surface area contributed by atoms with Crippen molar-refractivity contribution in [3.63, 3.8) is 0 Å². The minimum atomic E-state index is 0.386. The molecule has 0 saturated heterocycles. The number of aromatic nitrogens is 1. The molecule has 0 saturated carbocycles. The molecular weight excluding hydrogens is 304 g/mol. The lowest BCUT2D eigenvalue weighted by Gasteiger charge is -2.10. The molecule has 2 rings (SSSR count). The van der Waals surface area contributed by atoms with Crippen LogP contribution in [0.15, 0.2) is 41.0 Å². The molecule has 0 aliphatic heterocycles. The van der Waals surface area contributed by atoms with Crippen LogP contribution in [0.4, 0.5) is 0 Å². The van der Waals surface area contributed by atoms with Crippen LogP contribution in [0.2, 0.25) is 5.02 Å². The molecule has 0 aliphatic carbocycles. The lowest BCUT2D eigenvalue weighted by Crippen LogP contribution is -2.00. The van der Waals surface area contributed by atoms with Crippen molar-refractivity contribution in [2.24, 2.45) is 5.73 Å². The second kappa shape index (κ2) is 5.49. The number of rotatable bonds is 3. The molecule has 1 aromatic heterocycles. The van der Waals surface area contributed by atoms with E-state index in [0.717, 1.165) is 10.0 Å². The Kier molecular flexibility index (Phi) is 3.99. The van der Waals surface area contributed by atoms with Crippen LogP contribution >= 0.6 is 27.5 Å². The lowest BCUT2D eigenvalue weighted by molar-refractivity contribution is 0.454. The summed E-state index contributed by atoms with van der Waals surface area (Å²) in [5.41, 5.74) is 6.52. The summed E-state index contributed by atoms with van der Waals surface area (Å²) in [5, 5.41) is 0.601. The van der Waals surface area contributed by atoms with E-state index in [4.69, 9.17) is 22.1 Å². The summed E-state index contributed by atoms with van der Waals surface area (Å²) >= 11 is 9.29. The van der Waals surface area contributed by atoms with Gasteiger partial charge in [-0.3, -0.25) is 0 Å². The van der Waals surface area contributed by atoms with E-state index in [1.54, 1.807) is 18.3 Å². The van der Waals surface area contributed by atoms with Crippen LogP contribution in [0.5, 0.6) is 11.6 Å². The minimum Gasteiger partial charge on any atom is -0.437 e. The van der Waals surface area contributed by atoms with E-state index in [0.29, 0.717) is 23.2 Å². The first-order valence-electron chi connectivity index (χ1n) is 4.97. The predicted molar refractivity (Wildman–Crippen MR) is 71.4 cm³/mol. The Morgan fingerprint density at radius 2 is 2.18 bits per heavy atom. The predicted octanol–water partition coefficient (Wildman–Crippen LogP) is 3.75. The van der Waals surface area contributed by atoms with E-state index in [1.165, 1.54) is 0 Å². The van der Waals surface area contributed by atoms with Crippen molar-refractivity contribution < 1.29 is 4.74 Å². The molecule has 1 aromatic carbocycles. The van der Waals surface area contributed by atoms with Crippen molar-refractivity contribution in [2.45, 2.75) is 6.54 Å². The first-order chi connectivity index (χ1) is 8.20. The SMILES string of the molecule is NCc1ccc(Cl)cc1Oc1ncccc1Br. The highest BCUT2D eigenvalue weighted by molar-refractivity contribution is 9.10. The third kappa shape index (κ3) is 2.97. The number of nitrogens with two attached hydrogens (primary N) is 1. The van der Waals surface area contributed by atoms with Crippen molar-refractivity contribution in [3.05, 3.63) is 51.6 Å². The molecule has 5 heteroatoms. The van der Waals surface area contributed by atoms with E-state index >= 15 is 0 Å². The van der Waals surface area contributed by atoms with Crippen LogP contribution in [0, 0.1) is 0 Å². The van der Waals surface area contributed by atoms with Crippen LogP contribution in [0.25, 0.3) is 0 Å². The molecule has 0 aliphatic rings. The summed E-state index contributed by atoms with van der Waals surface area (Å²) in [6.07, 6.45) is 1.66. The first-order valence-corrected chi connectivity index (χ1v) is 6.14. The van der Waals surface area contributed by atoms with Crippen molar-refractivity contribution in [2.75, 3.05) is 0 Å². The Hall–Kier alpha value is -1.10. The standard InChI is InChI=1S/C12H10BrClN2O/c13-10-2-1-5-16-12(10)17-11-6-9(14)4-3-8(11)7-15/h1-6H,7,15H2. The maximum atomic E-state index is 5.93. The summed E-state index contributed by atoms with van der Waals surface area (Å²) in [7, 11) is 0. The smallest absolute Gasteiger partial charge is 0.233 e. The van der Waals surface area contributed by atoms with Crippen molar-refractivity contribution in [1.29, 1.82) is 0 Å². The highest BCUT2D eigenvalue weighted by Gasteiger charge is 2.08. The average Bonchev–Trinajstić information content (AvgIpc) is 2.32. The highest BCUT2D eigenvalue weighted by Crippen LogP contribution is 2.30. The van der Waals surface area contributed by atoms with Gasteiger partial charge in [0.2, 0.25) is 5.88 Å². The molecule has 0 atom stereocenters. The molecule has 0 radical (unpaired) electrons. The summed E-state index contributed by atoms with van der Waals surface area (Å²) in [5.74, 6) is 1.11. The van der Waals surface area contributed by atoms with E-state index in [-0.39, 0.29) is 0 Å². The Labute approximate surface area is 113 Å². The third-order valence-electron chi connectivity index (χ3n) is 2.18. The van der Waals surface area contributed by atoms with Gasteiger partial charge >= 0.3 is 0 Å². The fraction of sp³-hybridized carbons (Fsp3) is 0.0833. The molecule has 0 spiro atoms. The van der Waals surface area contributed by atoms with Crippen LogP contribution in [-0.2, 0) is 6.54 Å². The molecule has 88 valence electrons. The van der Waals surface area contributed by atoms with E-state index < -0.39 is 0 Å². The quantitative estimate of drug-likeness (QED) is 0.939. The van der Waals surface area contributed by atoms with E-state index in [2.05, 4.69) is 20.9 Å². The second-order valence-corrected chi connectivity index (χ2v) is 4.64. The fourth-order valence-electron chi connectivity index (χ4n) is 1.34. The molecule has 0 bridgehead atoms. The summed E-state index contributed by atoms with van der Waals surface area (Å²) in [4.78, 5) is 4.13. The zero-order valence-corrected chi connectivity index (χ0v) is 11.2. The number of halogens is 2. The number of hydrogen-bond acceptors (Lipinski definition) is 3. The van der Waals surface area contributed by atoms with E-state index in [1.807, 2.05) is 18.2 Å². The topological polar surface area (TPSA) is 48.1 Å². The number of hydrogen-bond donors (Lipinski definition) is 1. The van der Waals surface area contributed by atoms with Gasteiger partial charge in [-0.25, -0.2) is 4.98 Å². The molecule has 2 N–H and O–H groups in total. The number of nitrogens with zero attached hydrogens (tertiary/aromatic N) is 1. The Morgan fingerprint density at radius 3 is 2.88 bits per heavy atom. The molecule has 3 nitrogen and oxygen atoms in total. The van der Waals surface area contributed by atoms with E-state index in [9.17, 15) is 0 Å². The molecule has 0 fully saturated rings. The van der Waals surface area contributed by atoms with Crippen molar-refractivity contribution in [1.82, 2.24) is 4.98 Å². The monoisotopic (exact) mass is 312 g/mol. The number of benzene rings is 1. The number of ether oxygens (including phenoxy) is 1. The van der Waals surface area contributed by atoms with Gasteiger partial charge in [-0.2, -0.15) is 0 Å². The van der Waals surface area contributed by atoms with Crippen molar-refractivity contribution >= 4 is 27.5 Å². The zero-order valence-electron chi connectivity index (χ0n) is 8.86. The van der Waals surface area contributed by atoms with Gasteiger partial charge in [0, 0.05) is 23.3 Å². The van der Waals surface area contributed by atoms with Gasteiger partial charge in [0.15, 0.2) is 0 Å². The second-order valence-electron chi connectivity index (χ2n) is 3.35. The van der Waals surface area contributed by atoms with Gasteiger partial charge in [0.25, 0.3) is 0 Å². The average molecular weight is 314 g/mol. The summed E-state index contributed by atoms with van der Waals surface area (Å²) in [6, 6.07) is 9.03. The maximum Gasteiger partial charge on any atom is 0.233 e. The highest BCUT2D eigenvalue weighted by atomic mass is 79.9. The fourth-order valence-corrected chi connectivity index (χ4v) is 1.84. The Bertz CT molecular complexity index is 534. The molecule has 2 aromatic rings. The Morgan fingerprint density at radius 1 is 1.35 bits per heavy atom. The normalized spacial score (nSPS) is 10.3. The third-order valence-corrected chi connectivity index (χ3v) is 3.02. The van der Waals surface area contributed by atoms with Gasteiger partial charge in [-0.05, 0) is 40.2 Å². The first kappa shape index (κ1) is 12.4. The van der Waals surface area contributed by atoms with Gasteiger partial charge in [0.05, 0.1) is 4.47 Å². The molecule has 17 heavy (non-hydrogen) atoms. The van der Waals surface area contributed by atoms with Crippen LogP contribution in [0.1, 0.15) is 5.56 Å². The van der Waals surface area contributed by atoms with Crippen LogP contribution < -0.4 is 10.5 Å². The van der Waals surface area contributed by atoms with Gasteiger partial charge in [0.1, 0.15) is 5.75 Å². The number of pyridine rings is 1. The molecule has 1 heterocycles. The van der Waals surface area contributed by atoms with Gasteiger partial charge in [-0.15, -0.1) is 0 Å². The lowest BCUT2D eigenvalue weighted by atomic mass is 10.2. The maximum absolute atomic E-state index is 5.93. The van der Waals surface area contributed by atoms with Gasteiger partial charge in [-0.1, -0.05) is 17.7 Å². The molecular formula is C12H10BrClN2O. The van der Waals surface area contributed by atoms with Crippen LogP contribution in [-0.4, -0.2) is 4.98 Å².